The molecule has 1 N–H and O–H groups in total. The van der Waals surface area contributed by atoms with E-state index in [2.05, 4.69) is 10.3 Å². The Labute approximate surface area is 203 Å². The normalized spacial score (nSPS) is 17.8. The zero-order valence-corrected chi connectivity index (χ0v) is 19.9. The highest BCUT2D eigenvalue weighted by molar-refractivity contribution is 6.30. The van der Waals surface area contributed by atoms with Crippen molar-refractivity contribution in [2.45, 2.75) is 26.2 Å². The van der Waals surface area contributed by atoms with Crippen LogP contribution in [0.3, 0.4) is 0 Å². The number of methoxy groups -OCH3 is 2. The van der Waals surface area contributed by atoms with Gasteiger partial charge in [-0.3, -0.25) is 19.9 Å². The SMILES string of the molecule is COc1ccc(CC2(CCc3ccncc3)C(=O)NC(=O)N(c3cccc(C)c3)C2=O)c(OC)c1. The number of rotatable bonds is 8. The van der Waals surface area contributed by atoms with E-state index < -0.39 is 23.3 Å². The number of pyridine rings is 1. The maximum Gasteiger partial charge on any atom is 0.335 e. The summed E-state index contributed by atoms with van der Waals surface area (Å²) in [5.41, 5.74) is 1.35. The Balaban J connectivity index is 1.80. The number of anilines is 1. The van der Waals surface area contributed by atoms with Crippen molar-refractivity contribution >= 4 is 23.5 Å². The fourth-order valence-electron chi connectivity index (χ4n) is 4.37. The summed E-state index contributed by atoms with van der Waals surface area (Å²) < 4.78 is 10.8. The van der Waals surface area contributed by atoms with E-state index in [4.69, 9.17) is 9.47 Å². The number of ether oxygens (including phenoxy) is 2. The van der Waals surface area contributed by atoms with Crippen molar-refractivity contribution in [3.63, 3.8) is 0 Å². The van der Waals surface area contributed by atoms with Gasteiger partial charge in [0.1, 0.15) is 16.9 Å². The van der Waals surface area contributed by atoms with E-state index in [1.54, 1.807) is 55.9 Å². The van der Waals surface area contributed by atoms with E-state index in [0.717, 1.165) is 16.0 Å². The number of nitrogens with zero attached hydrogens (tertiary/aromatic N) is 2. The lowest BCUT2D eigenvalue weighted by atomic mass is 9.73. The molecule has 3 aromatic rings. The fraction of sp³-hybridized carbons (Fsp3) is 0.259. The van der Waals surface area contributed by atoms with Crippen LogP contribution in [0.4, 0.5) is 10.5 Å². The Bertz CT molecular complexity index is 1260. The van der Waals surface area contributed by atoms with Gasteiger partial charge in [0, 0.05) is 18.5 Å². The largest absolute Gasteiger partial charge is 0.497 e. The highest BCUT2D eigenvalue weighted by atomic mass is 16.5. The topological polar surface area (TPSA) is 97.8 Å². The van der Waals surface area contributed by atoms with E-state index >= 15 is 0 Å². The smallest absolute Gasteiger partial charge is 0.335 e. The first kappa shape index (κ1) is 23.9. The lowest BCUT2D eigenvalue weighted by Gasteiger charge is -2.39. The molecule has 4 amide bonds. The summed E-state index contributed by atoms with van der Waals surface area (Å²) in [6, 6.07) is 15.2. The third-order valence-electron chi connectivity index (χ3n) is 6.31. The van der Waals surface area contributed by atoms with Gasteiger partial charge in [-0.15, -0.1) is 0 Å². The molecular formula is C27H27N3O5. The summed E-state index contributed by atoms with van der Waals surface area (Å²) >= 11 is 0. The van der Waals surface area contributed by atoms with Gasteiger partial charge in [-0.1, -0.05) is 18.2 Å². The molecule has 1 aliphatic rings. The van der Waals surface area contributed by atoms with Gasteiger partial charge in [-0.25, -0.2) is 9.69 Å². The van der Waals surface area contributed by atoms with E-state index in [9.17, 15) is 14.4 Å². The molecule has 0 bridgehead atoms. The molecule has 35 heavy (non-hydrogen) atoms. The number of aromatic nitrogens is 1. The zero-order chi connectivity index (χ0) is 25.0. The quantitative estimate of drug-likeness (QED) is 0.499. The third kappa shape index (κ3) is 4.73. The highest BCUT2D eigenvalue weighted by Gasteiger charge is 2.54. The number of hydrogen-bond donors (Lipinski definition) is 1. The van der Waals surface area contributed by atoms with Crippen LogP contribution in [0.15, 0.2) is 67.0 Å². The van der Waals surface area contributed by atoms with Crippen LogP contribution in [0.1, 0.15) is 23.1 Å². The van der Waals surface area contributed by atoms with Crippen LogP contribution in [0.25, 0.3) is 0 Å². The van der Waals surface area contributed by atoms with Crippen LogP contribution in [0.2, 0.25) is 0 Å². The maximum atomic E-state index is 14.1. The number of benzene rings is 2. The van der Waals surface area contributed by atoms with E-state index in [1.807, 2.05) is 25.1 Å². The number of urea groups is 1. The first-order valence-corrected chi connectivity index (χ1v) is 11.2. The zero-order valence-electron chi connectivity index (χ0n) is 19.9. The Hall–Kier alpha value is -4.20. The van der Waals surface area contributed by atoms with Crippen molar-refractivity contribution in [1.82, 2.24) is 10.3 Å². The second kappa shape index (κ2) is 9.97. The first-order chi connectivity index (χ1) is 16.9. The van der Waals surface area contributed by atoms with Crippen LogP contribution < -0.4 is 19.7 Å². The molecule has 8 nitrogen and oxygen atoms in total. The molecule has 0 radical (unpaired) electrons. The standard InChI is InChI=1S/C27H27N3O5/c1-18-5-4-6-21(15-18)30-25(32)27(24(31)29-26(30)33,12-9-19-10-13-28-14-11-19)17-20-7-8-22(34-2)16-23(20)35-3/h4-8,10-11,13-16H,9,12,17H2,1-3H3,(H,29,31,33). The second-order valence-electron chi connectivity index (χ2n) is 8.53. The molecule has 4 rings (SSSR count). The van der Waals surface area contributed by atoms with Crippen molar-refractivity contribution < 1.29 is 23.9 Å². The average molecular weight is 474 g/mol. The van der Waals surface area contributed by atoms with E-state index in [0.29, 0.717) is 29.2 Å². The minimum absolute atomic E-state index is 0.0471. The van der Waals surface area contributed by atoms with Crippen molar-refractivity contribution in [3.8, 4) is 11.5 Å². The molecule has 1 aromatic heterocycles. The van der Waals surface area contributed by atoms with Crippen molar-refractivity contribution in [2.75, 3.05) is 19.1 Å². The minimum Gasteiger partial charge on any atom is -0.497 e. The van der Waals surface area contributed by atoms with Crippen LogP contribution in [-0.2, 0) is 22.4 Å². The van der Waals surface area contributed by atoms with E-state index in [1.165, 1.54) is 7.11 Å². The van der Waals surface area contributed by atoms with Gasteiger partial charge in [0.2, 0.25) is 5.91 Å². The molecule has 1 unspecified atom stereocenters. The molecule has 1 atom stereocenters. The molecule has 0 aliphatic carbocycles. The number of nitrogens with one attached hydrogen (secondary N) is 1. The van der Waals surface area contributed by atoms with Gasteiger partial charge < -0.3 is 9.47 Å². The van der Waals surface area contributed by atoms with Crippen molar-refractivity contribution in [1.29, 1.82) is 0 Å². The van der Waals surface area contributed by atoms with Crippen LogP contribution in [-0.4, -0.2) is 37.0 Å². The first-order valence-electron chi connectivity index (χ1n) is 11.2. The molecule has 8 heteroatoms. The minimum atomic E-state index is -1.54. The lowest BCUT2D eigenvalue weighted by Crippen LogP contribution is -2.65. The monoisotopic (exact) mass is 473 g/mol. The molecule has 1 saturated heterocycles. The molecule has 0 spiro atoms. The summed E-state index contributed by atoms with van der Waals surface area (Å²) in [4.78, 5) is 45.5. The molecule has 2 heterocycles. The number of barbiturate groups is 1. The Morgan fingerprint density at radius 3 is 2.43 bits per heavy atom. The van der Waals surface area contributed by atoms with Crippen LogP contribution in [0.5, 0.6) is 11.5 Å². The number of hydrogen-bond acceptors (Lipinski definition) is 6. The lowest BCUT2D eigenvalue weighted by molar-refractivity contribution is -0.143. The average Bonchev–Trinajstić information content (AvgIpc) is 2.86. The summed E-state index contributed by atoms with van der Waals surface area (Å²) in [5.74, 6) is -0.105. The number of imide groups is 2. The van der Waals surface area contributed by atoms with Gasteiger partial charge in [-0.2, -0.15) is 0 Å². The molecule has 0 saturated carbocycles. The summed E-state index contributed by atoms with van der Waals surface area (Å²) in [7, 11) is 3.07. The van der Waals surface area contributed by atoms with Crippen molar-refractivity contribution in [3.05, 3.63) is 83.7 Å². The summed E-state index contributed by atoms with van der Waals surface area (Å²) in [6.45, 7) is 1.87. The van der Waals surface area contributed by atoms with E-state index in [-0.39, 0.29) is 12.8 Å². The third-order valence-corrected chi connectivity index (χ3v) is 6.31. The second-order valence-corrected chi connectivity index (χ2v) is 8.53. The van der Waals surface area contributed by atoms with Gasteiger partial charge >= 0.3 is 6.03 Å². The molecule has 1 fully saturated rings. The maximum absolute atomic E-state index is 14.1. The Morgan fingerprint density at radius 1 is 0.971 bits per heavy atom. The Kier molecular flexibility index (Phi) is 6.82. The van der Waals surface area contributed by atoms with Crippen molar-refractivity contribution in [2.24, 2.45) is 5.41 Å². The number of carbonyl (C=O) groups excluding carboxylic acids is 3. The molecule has 1 aliphatic heterocycles. The fourth-order valence-corrected chi connectivity index (χ4v) is 4.37. The number of amides is 4. The molecular weight excluding hydrogens is 446 g/mol. The van der Waals surface area contributed by atoms with Crippen LogP contribution >= 0.6 is 0 Å². The van der Waals surface area contributed by atoms with Gasteiger partial charge in [0.05, 0.1) is 19.9 Å². The highest BCUT2D eigenvalue weighted by Crippen LogP contribution is 2.39. The summed E-state index contributed by atoms with van der Waals surface area (Å²) in [6.07, 6.45) is 4.01. The molecule has 180 valence electrons. The predicted molar refractivity (Wildman–Crippen MR) is 130 cm³/mol. The van der Waals surface area contributed by atoms with Gasteiger partial charge in [0.25, 0.3) is 5.91 Å². The molecule has 2 aromatic carbocycles. The number of carbonyl (C=O) groups is 3. The summed E-state index contributed by atoms with van der Waals surface area (Å²) in [5, 5.41) is 2.43. The number of aryl methyl sites for hydroxylation is 2. The predicted octanol–water partition coefficient (Wildman–Crippen LogP) is 3.85. The van der Waals surface area contributed by atoms with Gasteiger partial charge in [0.15, 0.2) is 0 Å². The van der Waals surface area contributed by atoms with Gasteiger partial charge in [-0.05, 0) is 73.2 Å². The Morgan fingerprint density at radius 2 is 1.74 bits per heavy atom. The van der Waals surface area contributed by atoms with Crippen LogP contribution in [0, 0.1) is 12.3 Å².